The van der Waals surface area contributed by atoms with Gasteiger partial charge in [0.05, 0.1) is 0 Å². The molecule has 1 N–H and O–H groups in total. The van der Waals surface area contributed by atoms with E-state index in [0.29, 0.717) is 0 Å². The minimum Gasteiger partial charge on any atom is -0.378 e. The third-order valence-electron chi connectivity index (χ3n) is 6.05. The van der Waals surface area contributed by atoms with Crippen LogP contribution in [-0.4, -0.2) is 53.7 Å². The van der Waals surface area contributed by atoms with Gasteiger partial charge in [-0.25, -0.2) is 0 Å². The molecule has 2 aromatic rings. The predicted octanol–water partition coefficient (Wildman–Crippen LogP) is 4.50. The molecule has 0 unspecified atom stereocenters. The minimum absolute atomic E-state index is 0.743. The van der Waals surface area contributed by atoms with Crippen molar-refractivity contribution in [3.05, 3.63) is 70.8 Å². The van der Waals surface area contributed by atoms with Gasteiger partial charge in [-0.3, -0.25) is 0 Å². The van der Waals surface area contributed by atoms with Crippen molar-refractivity contribution in [2.75, 3.05) is 33.2 Å². The van der Waals surface area contributed by atoms with Crippen LogP contribution < -0.4 is 0 Å². The van der Waals surface area contributed by atoms with E-state index in [1.165, 1.54) is 42.6 Å². The molecule has 0 amide bonds. The Kier molecular flexibility index (Phi) is 8.32. The number of benzene rings is 2. The summed E-state index contributed by atoms with van der Waals surface area (Å²) in [6.45, 7) is 11.3. The first-order valence-electron chi connectivity index (χ1n) is 11.6. The van der Waals surface area contributed by atoms with Crippen molar-refractivity contribution in [2.24, 2.45) is 5.92 Å². The number of aryl methyl sites for hydroxylation is 1. The Morgan fingerprint density at radius 2 is 1.87 bits per heavy atom. The van der Waals surface area contributed by atoms with Crippen molar-refractivity contribution in [2.45, 2.75) is 52.2 Å². The normalized spacial score (nSPS) is 17.4. The maximum absolute atomic E-state index is 9.75. The second-order valence-corrected chi connectivity index (χ2v) is 9.69. The molecule has 3 rings (SSSR count). The largest absolute Gasteiger partial charge is 0.378 e. The quantitative estimate of drug-likeness (QED) is 0.671. The molecule has 0 saturated carbocycles. The summed E-state index contributed by atoms with van der Waals surface area (Å²) in [5.41, 5.74) is 4.20. The lowest BCUT2D eigenvalue weighted by Gasteiger charge is -2.35. The monoisotopic (exact) mass is 418 g/mol. The maximum Gasteiger partial charge on any atom is 0.120 e. The molecule has 0 radical (unpaired) electrons. The van der Waals surface area contributed by atoms with Crippen molar-refractivity contribution in [3.8, 4) is 11.8 Å². The molecular weight excluding hydrogens is 380 g/mol. The zero-order valence-electron chi connectivity index (χ0n) is 19.7. The molecule has 0 aliphatic carbocycles. The summed E-state index contributed by atoms with van der Waals surface area (Å²) in [5.74, 6) is 6.66. The van der Waals surface area contributed by atoms with Gasteiger partial charge < -0.3 is 14.9 Å². The van der Waals surface area contributed by atoms with Gasteiger partial charge >= 0.3 is 0 Å². The Morgan fingerprint density at radius 3 is 2.58 bits per heavy atom. The summed E-state index contributed by atoms with van der Waals surface area (Å²) >= 11 is 0. The molecule has 1 fully saturated rings. The van der Waals surface area contributed by atoms with E-state index in [2.05, 4.69) is 84.1 Å². The predicted molar refractivity (Wildman–Crippen MR) is 130 cm³/mol. The zero-order valence-corrected chi connectivity index (χ0v) is 19.7. The van der Waals surface area contributed by atoms with Gasteiger partial charge in [0.1, 0.15) is 5.60 Å². The first-order valence-corrected chi connectivity index (χ1v) is 11.6. The Hall–Kier alpha value is -2.12. The fourth-order valence-corrected chi connectivity index (χ4v) is 4.41. The molecule has 1 aliphatic rings. The Balaban J connectivity index is 1.46. The Bertz CT molecular complexity index is 886. The van der Waals surface area contributed by atoms with Gasteiger partial charge in [-0.1, -0.05) is 48.2 Å². The molecule has 1 atom stereocenters. The van der Waals surface area contributed by atoms with Crippen LogP contribution in [0.1, 0.15) is 48.9 Å². The van der Waals surface area contributed by atoms with E-state index in [1.54, 1.807) is 13.8 Å². The van der Waals surface area contributed by atoms with Crippen LogP contribution in [-0.2, 0) is 13.0 Å². The van der Waals surface area contributed by atoms with Crippen LogP contribution in [0, 0.1) is 24.7 Å². The van der Waals surface area contributed by atoms with Crippen molar-refractivity contribution >= 4 is 0 Å². The highest BCUT2D eigenvalue weighted by Crippen LogP contribution is 2.19. The minimum atomic E-state index is -0.952. The number of rotatable bonds is 7. The second kappa shape index (κ2) is 11.0. The van der Waals surface area contributed by atoms with Crippen molar-refractivity contribution in [1.29, 1.82) is 0 Å². The first kappa shape index (κ1) is 23.5. The molecule has 0 bridgehead atoms. The zero-order chi connectivity index (χ0) is 22.3. The molecule has 31 heavy (non-hydrogen) atoms. The molecule has 1 heterocycles. The third kappa shape index (κ3) is 8.15. The number of aliphatic hydroxyl groups is 1. The van der Waals surface area contributed by atoms with E-state index in [1.807, 2.05) is 0 Å². The van der Waals surface area contributed by atoms with Gasteiger partial charge in [0.15, 0.2) is 0 Å². The molecule has 0 spiro atoms. The summed E-state index contributed by atoms with van der Waals surface area (Å²) in [6, 6.07) is 17.2. The average molecular weight is 419 g/mol. The second-order valence-electron chi connectivity index (χ2n) is 9.69. The first-order chi connectivity index (χ1) is 14.8. The van der Waals surface area contributed by atoms with Gasteiger partial charge in [0.25, 0.3) is 0 Å². The van der Waals surface area contributed by atoms with Crippen LogP contribution in [0.2, 0.25) is 0 Å². The van der Waals surface area contributed by atoms with Crippen molar-refractivity contribution < 1.29 is 5.11 Å². The highest BCUT2D eigenvalue weighted by molar-refractivity contribution is 5.37. The van der Waals surface area contributed by atoms with E-state index in [9.17, 15) is 5.11 Å². The molecule has 3 heteroatoms. The number of piperidine rings is 1. The smallest absolute Gasteiger partial charge is 0.120 e. The SMILES string of the molecule is Cc1ccccc1CCN1CCC[C@@H](CN(C)Cc2ccc(C#CC(C)(C)O)cc2)C1. The average Bonchev–Trinajstić information content (AvgIpc) is 2.72. The van der Waals surface area contributed by atoms with Crippen LogP contribution in [0.5, 0.6) is 0 Å². The van der Waals surface area contributed by atoms with Crippen molar-refractivity contribution in [1.82, 2.24) is 9.80 Å². The molecule has 1 aliphatic heterocycles. The number of hydrogen-bond donors (Lipinski definition) is 1. The number of likely N-dealkylation sites (tertiary alicyclic amines) is 1. The van der Waals surface area contributed by atoms with E-state index in [4.69, 9.17) is 0 Å². The van der Waals surface area contributed by atoms with E-state index < -0.39 is 5.60 Å². The summed E-state index contributed by atoms with van der Waals surface area (Å²) < 4.78 is 0. The third-order valence-corrected chi connectivity index (χ3v) is 6.05. The summed E-state index contributed by atoms with van der Waals surface area (Å²) in [4.78, 5) is 5.11. The van der Waals surface area contributed by atoms with Crippen LogP contribution in [0.25, 0.3) is 0 Å². The molecular formula is C28H38N2O. The van der Waals surface area contributed by atoms with Crippen molar-refractivity contribution in [3.63, 3.8) is 0 Å². The topological polar surface area (TPSA) is 26.7 Å². The van der Waals surface area contributed by atoms with Crippen LogP contribution in [0.3, 0.4) is 0 Å². The lowest BCUT2D eigenvalue weighted by molar-refractivity contribution is 0.142. The molecule has 2 aromatic carbocycles. The Labute approximate surface area is 189 Å². The Morgan fingerprint density at radius 1 is 1.13 bits per heavy atom. The van der Waals surface area contributed by atoms with Gasteiger partial charge in [0, 0.05) is 31.7 Å². The summed E-state index contributed by atoms with van der Waals surface area (Å²) in [7, 11) is 2.23. The summed E-state index contributed by atoms with van der Waals surface area (Å²) in [6.07, 6.45) is 3.79. The van der Waals surface area contributed by atoms with Crippen LogP contribution in [0.15, 0.2) is 48.5 Å². The fraction of sp³-hybridized carbons (Fsp3) is 0.500. The summed E-state index contributed by atoms with van der Waals surface area (Å²) in [5, 5.41) is 9.75. The fourth-order valence-electron chi connectivity index (χ4n) is 4.41. The standard InChI is InChI=1S/C28H38N2O/c1-23-8-5-6-10-27(23)16-19-30-18-7-9-26(22-30)21-29(4)20-25-13-11-24(12-14-25)15-17-28(2,3)31/h5-6,8,10-14,26,31H,7,9,16,18-22H2,1-4H3/t26-/m0/s1. The van der Waals surface area contributed by atoms with Crippen LogP contribution in [0.4, 0.5) is 0 Å². The molecule has 0 aromatic heterocycles. The van der Waals surface area contributed by atoms with Gasteiger partial charge in [-0.15, -0.1) is 0 Å². The molecule has 166 valence electrons. The number of nitrogens with zero attached hydrogens (tertiary/aromatic N) is 2. The van der Waals surface area contributed by atoms with Gasteiger partial charge in [-0.05, 0) is 88.4 Å². The molecule has 1 saturated heterocycles. The van der Waals surface area contributed by atoms with Gasteiger partial charge in [-0.2, -0.15) is 0 Å². The molecule has 3 nitrogen and oxygen atoms in total. The van der Waals surface area contributed by atoms with Crippen LogP contribution >= 0.6 is 0 Å². The lowest BCUT2D eigenvalue weighted by atomic mass is 9.96. The maximum atomic E-state index is 9.75. The number of hydrogen-bond acceptors (Lipinski definition) is 3. The van der Waals surface area contributed by atoms with E-state index >= 15 is 0 Å². The highest BCUT2D eigenvalue weighted by atomic mass is 16.3. The van der Waals surface area contributed by atoms with E-state index in [-0.39, 0.29) is 0 Å². The lowest BCUT2D eigenvalue weighted by Crippen LogP contribution is -2.40. The van der Waals surface area contributed by atoms with E-state index in [0.717, 1.165) is 37.5 Å². The van der Waals surface area contributed by atoms with Gasteiger partial charge in [0.2, 0.25) is 0 Å². The highest BCUT2D eigenvalue weighted by Gasteiger charge is 2.21.